The highest BCUT2D eigenvalue weighted by atomic mass is 28.5. The van der Waals surface area contributed by atoms with Crippen LogP contribution in [0.1, 0.15) is 6.42 Å². The molecule has 5 nitrogen and oxygen atoms in total. The monoisotopic (exact) mass is 485 g/mol. The Kier molecular flexibility index (Phi) is 9.88. The summed E-state index contributed by atoms with van der Waals surface area (Å²) in [6, 6.07) is 0.703. The van der Waals surface area contributed by atoms with Gasteiger partial charge in [0.2, 0.25) is 0 Å². The van der Waals surface area contributed by atoms with Gasteiger partial charge in [-0.3, -0.25) is 0 Å². The zero-order valence-corrected chi connectivity index (χ0v) is 26.2. The first-order valence-electron chi connectivity index (χ1n) is 9.89. The van der Waals surface area contributed by atoms with Gasteiger partial charge in [0.15, 0.2) is 33.3 Å². The average molecular weight is 486 g/mol. The predicted octanol–water partition coefficient (Wildman–Crippen LogP) is 6.14. The molecule has 1 radical (unpaired) electrons. The highest BCUT2D eigenvalue weighted by molar-refractivity contribution is 6.92. The lowest BCUT2D eigenvalue weighted by molar-refractivity contribution is 0.179. The Hall–Kier alpha value is 1.10. The number of hydrogen-bond donors (Lipinski definition) is 0. The van der Waals surface area contributed by atoms with Crippen LogP contribution in [0, 0.1) is 6.92 Å². The van der Waals surface area contributed by atoms with Crippen molar-refractivity contribution in [1.29, 1.82) is 0 Å². The summed E-state index contributed by atoms with van der Waals surface area (Å²) >= 11 is 0. The fourth-order valence-electron chi connectivity index (χ4n) is 2.82. The van der Waals surface area contributed by atoms with Crippen molar-refractivity contribution >= 4 is 50.9 Å². The summed E-state index contributed by atoms with van der Waals surface area (Å²) in [5, 5.41) is 0. The first kappa shape index (κ1) is 28.1. The first-order valence-corrected chi connectivity index (χ1v) is 27.7. The molecule has 0 spiro atoms. The van der Waals surface area contributed by atoms with Crippen LogP contribution in [0.4, 0.5) is 0 Å². The van der Waals surface area contributed by atoms with Crippen LogP contribution in [0.2, 0.25) is 91.2 Å². The molecule has 11 heteroatoms. The highest BCUT2D eigenvalue weighted by Crippen LogP contribution is 2.33. The van der Waals surface area contributed by atoms with E-state index in [1.54, 1.807) is 0 Å². The molecule has 0 aromatic carbocycles. The fraction of sp³-hybridized carbons (Fsp3) is 0.938. The van der Waals surface area contributed by atoms with Crippen molar-refractivity contribution in [2.45, 2.75) is 97.6 Å². The second kappa shape index (κ2) is 9.49. The molecule has 0 aliphatic heterocycles. The Balaban J connectivity index is 6.14. The van der Waals surface area contributed by atoms with Crippen molar-refractivity contribution in [1.82, 2.24) is 0 Å². The van der Waals surface area contributed by atoms with Gasteiger partial charge in [0.25, 0.3) is 0 Å². The Morgan fingerprint density at radius 3 is 1.00 bits per heavy atom. The van der Waals surface area contributed by atoms with E-state index in [0.717, 1.165) is 0 Å². The zero-order valence-electron chi connectivity index (χ0n) is 20.2. The average Bonchev–Trinajstić information content (AvgIpc) is 2.14. The van der Waals surface area contributed by atoms with Crippen LogP contribution in [0.25, 0.3) is 0 Å². The van der Waals surface area contributed by atoms with E-state index in [9.17, 15) is 0 Å². The summed E-state index contributed by atoms with van der Waals surface area (Å²) in [5.74, 6) is 0. The van der Waals surface area contributed by atoms with E-state index < -0.39 is 50.9 Å². The van der Waals surface area contributed by atoms with Gasteiger partial charge in [-0.1, -0.05) is 6.92 Å². The third kappa shape index (κ3) is 13.9. The molecule has 163 valence electrons. The minimum absolute atomic E-state index is 0.703. The van der Waals surface area contributed by atoms with Crippen molar-refractivity contribution in [3.8, 4) is 0 Å². The standard InChI is InChI=1S/C16H45O5Si6/c1-15-16-27(19-24(8,9)10,20-25(11,12)13)21-26(14,17-22(2,3)4)18-23(5,6)7/h1,15-16H2,2-14H3. The van der Waals surface area contributed by atoms with Crippen molar-refractivity contribution in [2.75, 3.05) is 0 Å². The molecule has 0 rings (SSSR count). The lowest BCUT2D eigenvalue weighted by atomic mass is 10.6. The molecular weight excluding hydrogens is 441 g/mol. The van der Waals surface area contributed by atoms with Crippen molar-refractivity contribution in [2.24, 2.45) is 0 Å². The number of rotatable bonds is 12. The van der Waals surface area contributed by atoms with Crippen LogP contribution < -0.4 is 0 Å². The van der Waals surface area contributed by atoms with Crippen LogP contribution in [0.3, 0.4) is 0 Å². The van der Waals surface area contributed by atoms with Crippen LogP contribution in [0.5, 0.6) is 0 Å². The topological polar surface area (TPSA) is 46.2 Å². The summed E-state index contributed by atoms with van der Waals surface area (Å²) < 4.78 is 33.4. The summed E-state index contributed by atoms with van der Waals surface area (Å²) in [6.45, 7) is 32.3. The molecule has 0 heterocycles. The third-order valence-corrected chi connectivity index (χ3v) is 21.7. The summed E-state index contributed by atoms with van der Waals surface area (Å²) in [6.07, 6.45) is 0.714. The molecular formula is C16H45O5Si6. The molecule has 0 saturated carbocycles. The van der Waals surface area contributed by atoms with Crippen LogP contribution in [-0.4, -0.2) is 50.9 Å². The molecule has 0 aliphatic rings. The van der Waals surface area contributed by atoms with E-state index in [4.69, 9.17) is 20.6 Å². The summed E-state index contributed by atoms with van der Waals surface area (Å²) in [7, 11) is -13.5. The van der Waals surface area contributed by atoms with Gasteiger partial charge in [0.05, 0.1) is 0 Å². The first-order chi connectivity index (χ1) is 11.6. The van der Waals surface area contributed by atoms with E-state index in [-0.39, 0.29) is 0 Å². The molecule has 0 saturated heterocycles. The van der Waals surface area contributed by atoms with E-state index in [1.165, 1.54) is 0 Å². The van der Waals surface area contributed by atoms with Crippen molar-refractivity contribution in [3.05, 3.63) is 6.92 Å². The molecule has 0 aliphatic carbocycles. The van der Waals surface area contributed by atoms with Crippen molar-refractivity contribution < 1.29 is 20.6 Å². The Morgan fingerprint density at radius 2 is 0.778 bits per heavy atom. The van der Waals surface area contributed by atoms with Gasteiger partial charge in [-0.25, -0.2) is 0 Å². The SMILES string of the molecule is [CH2]CC[Si](O[Si](C)(C)C)(O[Si](C)(C)C)O[Si](C)(O[Si](C)(C)C)O[Si](C)(C)C. The van der Waals surface area contributed by atoms with Crippen LogP contribution in [0.15, 0.2) is 0 Å². The number of hydrogen-bond acceptors (Lipinski definition) is 5. The predicted molar refractivity (Wildman–Crippen MR) is 131 cm³/mol. The van der Waals surface area contributed by atoms with E-state index >= 15 is 0 Å². The molecule has 0 bridgehead atoms. The molecule has 0 fully saturated rings. The molecule has 0 aromatic heterocycles. The van der Waals surface area contributed by atoms with Gasteiger partial charge in [0, 0.05) is 12.6 Å². The normalized spacial score (nSPS) is 15.3. The van der Waals surface area contributed by atoms with Gasteiger partial charge in [0.1, 0.15) is 0 Å². The van der Waals surface area contributed by atoms with Gasteiger partial charge in [-0.15, -0.1) is 0 Å². The quantitative estimate of drug-likeness (QED) is 0.311. The smallest absolute Gasteiger partial charge is 0.417 e. The summed E-state index contributed by atoms with van der Waals surface area (Å²) in [5.41, 5.74) is 0. The zero-order chi connectivity index (χ0) is 21.9. The molecule has 0 unspecified atom stereocenters. The lowest BCUT2D eigenvalue weighted by Gasteiger charge is -2.46. The molecule has 0 atom stereocenters. The largest absolute Gasteiger partial charge is 0.472 e. The third-order valence-electron chi connectivity index (χ3n) is 2.73. The van der Waals surface area contributed by atoms with Crippen LogP contribution >= 0.6 is 0 Å². The maximum atomic E-state index is 6.86. The van der Waals surface area contributed by atoms with Gasteiger partial charge in [-0.05, 0) is 85.0 Å². The fourth-order valence-corrected chi connectivity index (χ4v) is 26.4. The lowest BCUT2D eigenvalue weighted by Crippen LogP contribution is -2.66. The molecule has 0 N–H and O–H groups in total. The minimum atomic E-state index is -2.98. The van der Waals surface area contributed by atoms with Gasteiger partial charge < -0.3 is 20.6 Å². The van der Waals surface area contributed by atoms with E-state index in [0.29, 0.717) is 12.5 Å². The highest BCUT2D eigenvalue weighted by Gasteiger charge is 2.55. The molecule has 0 aromatic rings. The van der Waals surface area contributed by atoms with Gasteiger partial charge >= 0.3 is 17.6 Å². The van der Waals surface area contributed by atoms with E-state index in [2.05, 4.69) is 85.5 Å². The van der Waals surface area contributed by atoms with Crippen molar-refractivity contribution in [3.63, 3.8) is 0 Å². The maximum Gasteiger partial charge on any atom is 0.472 e. The Bertz CT molecular complexity index is 430. The molecule has 27 heavy (non-hydrogen) atoms. The van der Waals surface area contributed by atoms with Gasteiger partial charge in [-0.2, -0.15) is 0 Å². The minimum Gasteiger partial charge on any atom is -0.417 e. The molecule has 0 amide bonds. The maximum absolute atomic E-state index is 6.86. The second-order valence-corrected chi connectivity index (χ2v) is 35.7. The summed E-state index contributed by atoms with van der Waals surface area (Å²) in [4.78, 5) is 0. The second-order valence-electron chi connectivity index (χ2n) is 11.1. The Labute approximate surface area is 175 Å². The van der Waals surface area contributed by atoms with Crippen LogP contribution in [-0.2, 0) is 20.6 Å². The van der Waals surface area contributed by atoms with E-state index in [1.807, 2.05) is 6.55 Å². The Morgan fingerprint density at radius 1 is 0.481 bits per heavy atom.